The molecule has 4 aromatic rings. The van der Waals surface area contributed by atoms with Crippen molar-refractivity contribution in [2.75, 3.05) is 26.1 Å². The minimum absolute atomic E-state index is 0.143. The highest BCUT2D eigenvalue weighted by molar-refractivity contribution is 6.39. The van der Waals surface area contributed by atoms with E-state index in [2.05, 4.69) is 15.6 Å². The number of esters is 1. The maximum absolute atomic E-state index is 12.7. The SMILES string of the molecule is COc1cc(OCCC(C)(C)NC(=O)C(=O)Nc2ccc(-c3cnco3)c(OC)c2)ccc1C(=O)OCc1ccccc1. The van der Waals surface area contributed by atoms with Crippen LogP contribution in [0.5, 0.6) is 17.2 Å². The number of carbonyl (C=O) groups excluding carboxylic acids is 3. The minimum Gasteiger partial charge on any atom is -0.496 e. The summed E-state index contributed by atoms with van der Waals surface area (Å²) in [5.74, 6) is -0.414. The lowest BCUT2D eigenvalue weighted by atomic mass is 10.0. The summed E-state index contributed by atoms with van der Waals surface area (Å²) < 4.78 is 27.3. The molecular formula is C32H33N3O8. The molecule has 4 rings (SSSR count). The van der Waals surface area contributed by atoms with Crippen molar-refractivity contribution in [2.24, 2.45) is 0 Å². The maximum Gasteiger partial charge on any atom is 0.342 e. The van der Waals surface area contributed by atoms with Gasteiger partial charge in [-0.05, 0) is 43.7 Å². The highest BCUT2D eigenvalue weighted by Gasteiger charge is 2.25. The topological polar surface area (TPSA) is 138 Å². The monoisotopic (exact) mass is 587 g/mol. The molecule has 224 valence electrons. The Morgan fingerprint density at radius 3 is 2.37 bits per heavy atom. The Morgan fingerprint density at radius 1 is 0.907 bits per heavy atom. The third-order valence-electron chi connectivity index (χ3n) is 6.42. The van der Waals surface area contributed by atoms with Crippen LogP contribution in [0.2, 0.25) is 0 Å². The highest BCUT2D eigenvalue weighted by atomic mass is 16.5. The van der Waals surface area contributed by atoms with Gasteiger partial charge in [-0.25, -0.2) is 9.78 Å². The molecular weight excluding hydrogens is 554 g/mol. The first-order valence-corrected chi connectivity index (χ1v) is 13.4. The molecule has 2 amide bonds. The van der Waals surface area contributed by atoms with E-state index in [0.717, 1.165) is 5.56 Å². The van der Waals surface area contributed by atoms with Crippen molar-refractivity contribution in [2.45, 2.75) is 32.4 Å². The van der Waals surface area contributed by atoms with E-state index in [9.17, 15) is 14.4 Å². The molecule has 0 bridgehead atoms. The van der Waals surface area contributed by atoms with E-state index in [0.29, 0.717) is 40.7 Å². The average Bonchev–Trinajstić information content (AvgIpc) is 3.55. The molecule has 1 aromatic heterocycles. The number of aromatic nitrogens is 1. The van der Waals surface area contributed by atoms with Gasteiger partial charge >= 0.3 is 17.8 Å². The van der Waals surface area contributed by atoms with Crippen molar-refractivity contribution in [1.29, 1.82) is 0 Å². The van der Waals surface area contributed by atoms with E-state index >= 15 is 0 Å². The van der Waals surface area contributed by atoms with Gasteiger partial charge in [0, 0.05) is 29.8 Å². The molecule has 3 aromatic carbocycles. The summed E-state index contributed by atoms with van der Waals surface area (Å²) in [5, 5.41) is 5.31. The van der Waals surface area contributed by atoms with Crippen molar-refractivity contribution < 1.29 is 37.7 Å². The number of ether oxygens (including phenoxy) is 4. The molecule has 0 aliphatic rings. The number of oxazole rings is 1. The normalized spacial score (nSPS) is 10.9. The van der Waals surface area contributed by atoms with E-state index in [-0.39, 0.29) is 18.8 Å². The zero-order valence-corrected chi connectivity index (χ0v) is 24.3. The molecule has 11 nitrogen and oxygen atoms in total. The zero-order valence-electron chi connectivity index (χ0n) is 24.3. The number of anilines is 1. The summed E-state index contributed by atoms with van der Waals surface area (Å²) in [6.45, 7) is 3.92. The van der Waals surface area contributed by atoms with E-state index in [1.165, 1.54) is 20.6 Å². The van der Waals surface area contributed by atoms with Crippen molar-refractivity contribution in [3.8, 4) is 28.6 Å². The van der Waals surface area contributed by atoms with Gasteiger partial charge in [0.1, 0.15) is 29.4 Å². The molecule has 11 heteroatoms. The number of amides is 2. The summed E-state index contributed by atoms with van der Waals surface area (Å²) in [6, 6.07) is 19.1. The molecule has 0 aliphatic carbocycles. The van der Waals surface area contributed by atoms with Gasteiger partial charge in [-0.15, -0.1) is 0 Å². The molecule has 0 aliphatic heterocycles. The van der Waals surface area contributed by atoms with Crippen LogP contribution >= 0.6 is 0 Å². The molecule has 1 heterocycles. The van der Waals surface area contributed by atoms with Gasteiger partial charge in [0.2, 0.25) is 0 Å². The Bertz CT molecular complexity index is 1550. The van der Waals surface area contributed by atoms with Crippen molar-refractivity contribution in [1.82, 2.24) is 10.3 Å². The van der Waals surface area contributed by atoms with Crippen LogP contribution in [0.1, 0.15) is 36.2 Å². The number of hydrogen-bond donors (Lipinski definition) is 2. The van der Waals surface area contributed by atoms with Crippen LogP contribution in [0.3, 0.4) is 0 Å². The second-order valence-electron chi connectivity index (χ2n) is 10.1. The highest BCUT2D eigenvalue weighted by Crippen LogP contribution is 2.32. The Morgan fingerprint density at radius 2 is 1.67 bits per heavy atom. The molecule has 0 unspecified atom stereocenters. The fourth-order valence-corrected chi connectivity index (χ4v) is 4.09. The standard InChI is InChI=1S/C32H33N3O8/c1-32(2,35-30(37)29(36)34-22-10-12-24(26(16-22)39-3)28-18-33-20-43-28)14-15-41-23-11-13-25(27(17-23)40-4)31(38)42-19-21-8-6-5-7-9-21/h5-13,16-18,20H,14-15,19H2,1-4H3,(H,34,36)(H,35,37). The van der Waals surface area contributed by atoms with E-state index in [1.54, 1.807) is 56.4 Å². The van der Waals surface area contributed by atoms with E-state index in [4.69, 9.17) is 23.4 Å². The van der Waals surface area contributed by atoms with Gasteiger partial charge < -0.3 is 34.0 Å². The van der Waals surface area contributed by atoms with Crippen LogP contribution in [0.15, 0.2) is 83.7 Å². The van der Waals surface area contributed by atoms with Gasteiger partial charge in [0.15, 0.2) is 12.2 Å². The maximum atomic E-state index is 12.7. The Hall–Kier alpha value is -5.32. The average molecular weight is 588 g/mol. The van der Waals surface area contributed by atoms with Gasteiger partial charge in [-0.1, -0.05) is 30.3 Å². The van der Waals surface area contributed by atoms with Crippen LogP contribution < -0.4 is 24.8 Å². The lowest BCUT2D eigenvalue weighted by Gasteiger charge is -2.26. The van der Waals surface area contributed by atoms with Crippen molar-refractivity contribution >= 4 is 23.5 Å². The molecule has 0 saturated carbocycles. The summed E-state index contributed by atoms with van der Waals surface area (Å²) in [4.78, 5) is 41.8. The molecule has 0 atom stereocenters. The van der Waals surface area contributed by atoms with Crippen LogP contribution in [-0.2, 0) is 20.9 Å². The van der Waals surface area contributed by atoms with E-state index < -0.39 is 23.3 Å². The first kappa shape index (κ1) is 30.6. The van der Waals surface area contributed by atoms with E-state index in [1.807, 2.05) is 30.3 Å². The number of methoxy groups -OCH3 is 2. The Kier molecular flexibility index (Phi) is 10.00. The minimum atomic E-state index is -0.831. The predicted octanol–water partition coefficient (Wildman–Crippen LogP) is 5.02. The molecule has 2 N–H and O–H groups in total. The van der Waals surface area contributed by atoms with Gasteiger partial charge in [0.25, 0.3) is 0 Å². The second kappa shape index (κ2) is 14.0. The van der Waals surface area contributed by atoms with Crippen LogP contribution in [0, 0.1) is 0 Å². The molecule has 0 saturated heterocycles. The number of nitrogens with zero attached hydrogens (tertiary/aromatic N) is 1. The molecule has 0 spiro atoms. The second-order valence-corrected chi connectivity index (χ2v) is 10.1. The van der Waals surface area contributed by atoms with Crippen LogP contribution in [0.25, 0.3) is 11.3 Å². The van der Waals surface area contributed by atoms with Gasteiger partial charge in [-0.2, -0.15) is 0 Å². The predicted molar refractivity (Wildman–Crippen MR) is 158 cm³/mol. The number of benzene rings is 3. The summed E-state index contributed by atoms with van der Waals surface area (Å²) in [5.41, 5.74) is 1.41. The number of carbonyl (C=O) groups is 3. The van der Waals surface area contributed by atoms with Crippen molar-refractivity contribution in [3.63, 3.8) is 0 Å². The largest absolute Gasteiger partial charge is 0.496 e. The quantitative estimate of drug-likeness (QED) is 0.173. The first-order valence-electron chi connectivity index (χ1n) is 13.4. The summed E-state index contributed by atoms with van der Waals surface area (Å²) in [7, 11) is 2.95. The molecule has 0 radical (unpaired) electrons. The Balaban J connectivity index is 1.27. The third kappa shape index (κ3) is 8.35. The lowest BCUT2D eigenvalue weighted by Crippen LogP contribution is -2.48. The van der Waals surface area contributed by atoms with Gasteiger partial charge in [0.05, 0.1) is 32.6 Å². The summed E-state index contributed by atoms with van der Waals surface area (Å²) >= 11 is 0. The summed E-state index contributed by atoms with van der Waals surface area (Å²) in [6.07, 6.45) is 3.24. The lowest BCUT2D eigenvalue weighted by molar-refractivity contribution is -0.137. The number of hydrogen-bond acceptors (Lipinski definition) is 9. The van der Waals surface area contributed by atoms with Crippen LogP contribution in [0.4, 0.5) is 5.69 Å². The van der Waals surface area contributed by atoms with Crippen LogP contribution in [-0.4, -0.2) is 49.1 Å². The van der Waals surface area contributed by atoms with Gasteiger partial charge in [-0.3, -0.25) is 9.59 Å². The van der Waals surface area contributed by atoms with Crippen molar-refractivity contribution in [3.05, 3.63) is 90.4 Å². The third-order valence-corrected chi connectivity index (χ3v) is 6.42. The number of rotatable bonds is 12. The molecule has 43 heavy (non-hydrogen) atoms. The number of nitrogens with one attached hydrogen (secondary N) is 2. The zero-order chi connectivity index (χ0) is 30.8. The fraction of sp³-hybridized carbons (Fsp3) is 0.250. The Labute approximate surface area is 249 Å². The first-order chi connectivity index (χ1) is 20.7. The fourth-order valence-electron chi connectivity index (χ4n) is 4.09. The molecule has 0 fully saturated rings. The smallest absolute Gasteiger partial charge is 0.342 e.